The molecule has 10 heavy (non-hydrogen) atoms. The van der Waals surface area contributed by atoms with Gasteiger partial charge in [-0.15, -0.1) is 11.3 Å². The van der Waals surface area contributed by atoms with E-state index in [9.17, 15) is 0 Å². The normalized spacial score (nSPS) is 13.0. The van der Waals surface area contributed by atoms with Crippen LogP contribution in [0.3, 0.4) is 0 Å². The molecule has 0 aromatic carbocycles. The summed E-state index contributed by atoms with van der Waals surface area (Å²) in [5, 5.41) is 2.03. The fourth-order valence-electron chi connectivity index (χ4n) is 0.711. The summed E-state index contributed by atoms with van der Waals surface area (Å²) in [4.78, 5) is 1.19. The van der Waals surface area contributed by atoms with Crippen LogP contribution in [-0.2, 0) is 0 Å². The molecular formula is C8H11NS. The maximum atomic E-state index is 5.79. The molecule has 0 aliphatic rings. The predicted octanol–water partition coefficient (Wildman–Crippen LogP) is 2.32. The fourth-order valence-corrected chi connectivity index (χ4v) is 1.53. The summed E-state index contributed by atoms with van der Waals surface area (Å²) in [6, 6.07) is 4.06. The van der Waals surface area contributed by atoms with Crippen molar-refractivity contribution >= 4 is 11.3 Å². The first-order valence-corrected chi connectivity index (χ1v) is 4.04. The lowest BCUT2D eigenvalue weighted by molar-refractivity contribution is 0.871. The molecule has 1 heterocycles. The molecule has 0 fully saturated rings. The van der Waals surface area contributed by atoms with Crippen LogP contribution in [0.25, 0.3) is 0 Å². The average molecular weight is 153 g/mol. The second kappa shape index (κ2) is 2.99. The van der Waals surface area contributed by atoms with E-state index in [0.717, 1.165) is 5.57 Å². The molecule has 54 valence electrons. The molecule has 1 aromatic heterocycles. The van der Waals surface area contributed by atoms with Crippen molar-refractivity contribution in [1.82, 2.24) is 0 Å². The molecule has 0 saturated carbocycles. The van der Waals surface area contributed by atoms with Crippen LogP contribution in [0, 0.1) is 0 Å². The van der Waals surface area contributed by atoms with Gasteiger partial charge >= 0.3 is 0 Å². The zero-order valence-corrected chi connectivity index (χ0v) is 6.82. The number of rotatable bonds is 2. The third-order valence-electron chi connectivity index (χ3n) is 1.38. The molecule has 2 heteroatoms. The summed E-state index contributed by atoms with van der Waals surface area (Å²) in [6.07, 6.45) is 0. The smallest absolute Gasteiger partial charge is 0.0600 e. The molecule has 1 rings (SSSR count). The van der Waals surface area contributed by atoms with E-state index in [2.05, 4.69) is 6.58 Å². The molecule has 0 bridgehead atoms. The Morgan fingerprint density at radius 1 is 1.80 bits per heavy atom. The van der Waals surface area contributed by atoms with Crippen molar-refractivity contribution in [1.29, 1.82) is 0 Å². The summed E-state index contributed by atoms with van der Waals surface area (Å²) >= 11 is 1.67. The second-order valence-electron chi connectivity index (χ2n) is 2.34. The molecule has 0 spiro atoms. The SMILES string of the molecule is C=C(C)[C@@H](N)c1cccs1. The fraction of sp³-hybridized carbons (Fsp3) is 0.250. The molecule has 2 N–H and O–H groups in total. The molecule has 1 atom stereocenters. The highest BCUT2D eigenvalue weighted by molar-refractivity contribution is 7.10. The van der Waals surface area contributed by atoms with Crippen LogP contribution >= 0.6 is 11.3 Å². The van der Waals surface area contributed by atoms with Gasteiger partial charge in [-0.1, -0.05) is 18.2 Å². The monoisotopic (exact) mass is 153 g/mol. The highest BCUT2D eigenvalue weighted by Gasteiger charge is 2.05. The predicted molar refractivity (Wildman–Crippen MR) is 46.1 cm³/mol. The van der Waals surface area contributed by atoms with Crippen LogP contribution in [0.5, 0.6) is 0 Å². The van der Waals surface area contributed by atoms with Gasteiger partial charge in [-0.2, -0.15) is 0 Å². The maximum absolute atomic E-state index is 5.79. The minimum atomic E-state index is 0.0278. The first kappa shape index (κ1) is 7.51. The van der Waals surface area contributed by atoms with Crippen molar-refractivity contribution in [2.24, 2.45) is 5.73 Å². The Balaban J connectivity index is 2.77. The molecule has 0 radical (unpaired) electrons. The maximum Gasteiger partial charge on any atom is 0.0600 e. The van der Waals surface area contributed by atoms with Crippen LogP contribution in [0.4, 0.5) is 0 Å². The van der Waals surface area contributed by atoms with Gasteiger partial charge in [0, 0.05) is 4.88 Å². The minimum absolute atomic E-state index is 0.0278. The van der Waals surface area contributed by atoms with E-state index in [1.165, 1.54) is 4.88 Å². The standard InChI is InChI=1S/C8H11NS/c1-6(2)8(9)7-4-3-5-10-7/h3-5,8H,1,9H2,2H3/t8-/m1/s1. The lowest BCUT2D eigenvalue weighted by Gasteiger charge is -2.06. The Hall–Kier alpha value is -0.600. The summed E-state index contributed by atoms with van der Waals surface area (Å²) in [6.45, 7) is 5.74. The number of hydrogen-bond acceptors (Lipinski definition) is 2. The highest BCUT2D eigenvalue weighted by Crippen LogP contribution is 2.21. The largest absolute Gasteiger partial charge is 0.320 e. The molecule has 1 nitrogen and oxygen atoms in total. The number of hydrogen-bond donors (Lipinski definition) is 1. The number of nitrogens with two attached hydrogens (primary N) is 1. The lowest BCUT2D eigenvalue weighted by atomic mass is 10.1. The first-order valence-electron chi connectivity index (χ1n) is 3.16. The van der Waals surface area contributed by atoms with Crippen LogP contribution in [0.1, 0.15) is 17.8 Å². The van der Waals surface area contributed by atoms with Crippen molar-refractivity contribution in [3.05, 3.63) is 34.5 Å². The first-order chi connectivity index (χ1) is 4.72. The van der Waals surface area contributed by atoms with Crippen molar-refractivity contribution in [2.45, 2.75) is 13.0 Å². The van der Waals surface area contributed by atoms with Crippen molar-refractivity contribution in [3.63, 3.8) is 0 Å². The van der Waals surface area contributed by atoms with Gasteiger partial charge in [0.1, 0.15) is 0 Å². The molecule has 0 amide bonds. The van der Waals surface area contributed by atoms with Crippen molar-refractivity contribution in [3.8, 4) is 0 Å². The summed E-state index contributed by atoms with van der Waals surface area (Å²) in [7, 11) is 0. The Labute approximate surface area is 65.2 Å². The Kier molecular flexibility index (Phi) is 2.25. The summed E-state index contributed by atoms with van der Waals surface area (Å²) < 4.78 is 0. The van der Waals surface area contributed by atoms with Gasteiger partial charge in [0.25, 0.3) is 0 Å². The zero-order chi connectivity index (χ0) is 7.56. The van der Waals surface area contributed by atoms with Gasteiger partial charge in [0.2, 0.25) is 0 Å². The van der Waals surface area contributed by atoms with E-state index in [1.807, 2.05) is 24.4 Å². The minimum Gasteiger partial charge on any atom is -0.320 e. The van der Waals surface area contributed by atoms with Gasteiger partial charge in [-0.05, 0) is 18.4 Å². The topological polar surface area (TPSA) is 26.0 Å². The van der Waals surface area contributed by atoms with E-state index in [4.69, 9.17) is 5.73 Å². The van der Waals surface area contributed by atoms with E-state index in [1.54, 1.807) is 11.3 Å². The van der Waals surface area contributed by atoms with Crippen molar-refractivity contribution in [2.75, 3.05) is 0 Å². The van der Waals surface area contributed by atoms with Gasteiger partial charge in [-0.3, -0.25) is 0 Å². The molecule has 0 aliphatic heterocycles. The van der Waals surface area contributed by atoms with Crippen LogP contribution in [-0.4, -0.2) is 0 Å². The molecule has 0 unspecified atom stereocenters. The van der Waals surface area contributed by atoms with Crippen LogP contribution < -0.4 is 5.73 Å². The van der Waals surface area contributed by atoms with Gasteiger partial charge in [0.05, 0.1) is 6.04 Å². The van der Waals surface area contributed by atoms with E-state index >= 15 is 0 Å². The van der Waals surface area contributed by atoms with Crippen LogP contribution in [0.15, 0.2) is 29.7 Å². The third kappa shape index (κ3) is 1.46. The van der Waals surface area contributed by atoms with Gasteiger partial charge < -0.3 is 5.73 Å². The van der Waals surface area contributed by atoms with E-state index in [0.29, 0.717) is 0 Å². The third-order valence-corrected chi connectivity index (χ3v) is 2.34. The van der Waals surface area contributed by atoms with Gasteiger partial charge in [0.15, 0.2) is 0 Å². The Morgan fingerprint density at radius 2 is 2.50 bits per heavy atom. The second-order valence-corrected chi connectivity index (χ2v) is 3.32. The van der Waals surface area contributed by atoms with Gasteiger partial charge in [-0.25, -0.2) is 0 Å². The highest BCUT2D eigenvalue weighted by atomic mass is 32.1. The van der Waals surface area contributed by atoms with Crippen molar-refractivity contribution < 1.29 is 0 Å². The summed E-state index contributed by atoms with van der Waals surface area (Å²) in [5.74, 6) is 0. The average Bonchev–Trinajstić information content (AvgIpc) is 2.36. The molecule has 1 aromatic rings. The Morgan fingerprint density at radius 3 is 2.90 bits per heavy atom. The molecule has 0 saturated heterocycles. The molecule has 0 aliphatic carbocycles. The van der Waals surface area contributed by atoms with Crippen LogP contribution in [0.2, 0.25) is 0 Å². The Bertz CT molecular complexity index is 213. The quantitative estimate of drug-likeness (QED) is 0.648. The van der Waals surface area contributed by atoms with E-state index < -0.39 is 0 Å². The lowest BCUT2D eigenvalue weighted by Crippen LogP contribution is -2.08. The number of thiophene rings is 1. The zero-order valence-electron chi connectivity index (χ0n) is 6.00. The molecular weight excluding hydrogens is 142 g/mol. The van der Waals surface area contributed by atoms with E-state index in [-0.39, 0.29) is 6.04 Å². The summed E-state index contributed by atoms with van der Waals surface area (Å²) in [5.41, 5.74) is 6.81.